The summed E-state index contributed by atoms with van der Waals surface area (Å²) in [7, 11) is 6.57. The fraction of sp³-hybridized carbons (Fsp3) is 1.00. The Labute approximate surface area is 210 Å². The van der Waals surface area contributed by atoms with E-state index in [1.54, 1.807) is 35.4 Å². The maximum Gasteiger partial charge on any atom is 0.0801 e. The van der Waals surface area contributed by atoms with Crippen LogP contribution in [0.3, 0.4) is 0 Å². The van der Waals surface area contributed by atoms with Crippen LogP contribution >= 0.6 is 0 Å². The van der Waals surface area contributed by atoms with E-state index in [-0.39, 0.29) is 50.2 Å². The Morgan fingerprint density at radius 1 is 0.529 bits per heavy atom. The number of aliphatic hydroxyl groups excluding tert-OH is 5. The zero-order valence-electron chi connectivity index (χ0n) is 23.8. The first-order valence-electron chi connectivity index (χ1n) is 12.3. The van der Waals surface area contributed by atoms with E-state index in [0.29, 0.717) is 13.2 Å². The van der Waals surface area contributed by atoms with E-state index in [2.05, 4.69) is 11.7 Å². The quantitative estimate of drug-likeness (QED) is 0.242. The molecule has 0 aromatic heterocycles. The molecule has 0 rings (SSSR count). The molecule has 0 aromatic carbocycles. The Kier molecular flexibility index (Phi) is 51.2. The second kappa shape index (κ2) is 39.8. The molecule has 5 N–H and O–H groups in total. The summed E-state index contributed by atoms with van der Waals surface area (Å²) in [6, 6.07) is 0. The molecule has 0 spiro atoms. The molecule has 0 saturated heterocycles. The smallest absolute Gasteiger partial charge is 0.0801 e. The van der Waals surface area contributed by atoms with Crippen molar-refractivity contribution in [2.75, 3.05) is 61.5 Å². The molecular weight excluding hydrogens is 444 g/mol. The van der Waals surface area contributed by atoms with E-state index >= 15 is 0 Å². The van der Waals surface area contributed by atoms with Crippen molar-refractivity contribution < 1.29 is 44.5 Å². The Hall–Kier alpha value is -0.360. The van der Waals surface area contributed by atoms with Crippen molar-refractivity contribution in [1.29, 1.82) is 0 Å². The molecule has 0 aliphatic carbocycles. The number of hydrogen-bond donors (Lipinski definition) is 5. The lowest BCUT2D eigenvalue weighted by atomic mass is 10.2. The monoisotopic (exact) mass is 504 g/mol. The van der Waals surface area contributed by atoms with E-state index in [1.165, 1.54) is 0 Å². The molecule has 0 bridgehead atoms. The molecule has 0 aliphatic heterocycles. The molecule has 9 heteroatoms. The highest BCUT2D eigenvalue weighted by molar-refractivity contribution is 4.49. The summed E-state index contributed by atoms with van der Waals surface area (Å²) >= 11 is 0. The lowest BCUT2D eigenvalue weighted by molar-refractivity contribution is 0.0265. The highest BCUT2D eigenvalue weighted by atomic mass is 16.5. The predicted molar refractivity (Wildman–Crippen MR) is 139 cm³/mol. The van der Waals surface area contributed by atoms with Gasteiger partial charge >= 0.3 is 0 Å². The van der Waals surface area contributed by atoms with Crippen LogP contribution in [0.5, 0.6) is 0 Å². The summed E-state index contributed by atoms with van der Waals surface area (Å²) in [6.45, 7) is 13.2. The Bertz CT molecular complexity index is 279. The minimum atomic E-state index is -0.273. The lowest BCUT2D eigenvalue weighted by Gasteiger charge is -2.09. The zero-order chi connectivity index (χ0) is 27.8. The van der Waals surface area contributed by atoms with Gasteiger partial charge in [0.1, 0.15) is 0 Å². The molecule has 0 radical (unpaired) electrons. The minimum Gasteiger partial charge on any atom is -0.396 e. The van der Waals surface area contributed by atoms with Crippen LogP contribution < -0.4 is 0 Å². The summed E-state index contributed by atoms with van der Waals surface area (Å²) in [4.78, 5) is 0. The first kappa shape index (κ1) is 43.7. The first-order chi connectivity index (χ1) is 16.1. The molecule has 3 atom stereocenters. The van der Waals surface area contributed by atoms with Gasteiger partial charge in [-0.05, 0) is 32.1 Å². The Balaban J connectivity index is -0.000000104. The van der Waals surface area contributed by atoms with Crippen LogP contribution in [0.2, 0.25) is 0 Å². The van der Waals surface area contributed by atoms with Crippen molar-refractivity contribution in [3.05, 3.63) is 0 Å². The van der Waals surface area contributed by atoms with Crippen molar-refractivity contribution >= 4 is 0 Å². The second-order valence-electron chi connectivity index (χ2n) is 7.63. The molecule has 0 aromatic rings. The number of ether oxygens (including phenoxy) is 4. The summed E-state index contributed by atoms with van der Waals surface area (Å²) < 4.78 is 19.3. The van der Waals surface area contributed by atoms with Crippen LogP contribution in [0.4, 0.5) is 0 Å². The summed E-state index contributed by atoms with van der Waals surface area (Å²) in [5.41, 5.74) is 0. The average Bonchev–Trinajstić information content (AvgIpc) is 2.88. The van der Waals surface area contributed by atoms with Gasteiger partial charge in [0.25, 0.3) is 0 Å². The third-order valence-corrected chi connectivity index (χ3v) is 4.53. The molecule has 0 saturated carbocycles. The van der Waals surface area contributed by atoms with Gasteiger partial charge in [-0.25, -0.2) is 0 Å². The molecule has 9 nitrogen and oxygen atoms in total. The maximum absolute atomic E-state index is 8.73. The van der Waals surface area contributed by atoms with Gasteiger partial charge in [-0.3, -0.25) is 0 Å². The van der Waals surface area contributed by atoms with E-state index in [4.69, 9.17) is 39.7 Å². The van der Waals surface area contributed by atoms with Gasteiger partial charge in [0.05, 0.1) is 44.2 Å². The average molecular weight is 505 g/mol. The van der Waals surface area contributed by atoms with Crippen molar-refractivity contribution in [1.82, 2.24) is 0 Å². The minimum absolute atomic E-state index is 0.0417. The number of methoxy groups -OCH3 is 4. The molecule has 34 heavy (non-hydrogen) atoms. The van der Waals surface area contributed by atoms with Crippen molar-refractivity contribution in [3.63, 3.8) is 0 Å². The SMILES string of the molecule is CC(CO)CO.CCC(CO)OC.CCC(COC)OC.CCC(O)CC.CCC(O)COC. The first-order valence-corrected chi connectivity index (χ1v) is 12.3. The standard InChI is InChI=1S/C6H14O2.2C5H12O2.C5H12O.C4H10O2/c1-4-6(8-3)5-7-2;1-3-5(6)4-7-2;1-3-5(4-6)7-2;1-3-5(6)4-2;1-4(2-5)3-6/h6H,4-5H2,1-3H3;2*5-6H,3-4H2,1-2H3;5-6H,3-4H2,1-2H3;4-6H,2-3H2,1H3. The van der Waals surface area contributed by atoms with Gasteiger partial charge in [0.2, 0.25) is 0 Å². The molecule has 0 heterocycles. The molecule has 214 valence electrons. The fourth-order valence-corrected chi connectivity index (χ4v) is 1.57. The molecule has 3 unspecified atom stereocenters. The van der Waals surface area contributed by atoms with E-state index in [0.717, 1.165) is 32.1 Å². The summed E-state index contributed by atoms with van der Waals surface area (Å²) in [5.74, 6) is 0.0463. The summed E-state index contributed by atoms with van der Waals surface area (Å²) in [5, 5.41) is 42.2. The van der Waals surface area contributed by atoms with Crippen LogP contribution in [0.25, 0.3) is 0 Å². The largest absolute Gasteiger partial charge is 0.396 e. The zero-order valence-corrected chi connectivity index (χ0v) is 23.8. The molecular formula is C25H60O9. The third kappa shape index (κ3) is 45.2. The number of hydrogen-bond acceptors (Lipinski definition) is 9. The van der Waals surface area contributed by atoms with Crippen molar-refractivity contribution in [2.24, 2.45) is 5.92 Å². The maximum atomic E-state index is 8.73. The molecule has 0 fully saturated rings. The third-order valence-electron chi connectivity index (χ3n) is 4.53. The predicted octanol–water partition coefficient (Wildman–Crippen LogP) is 2.64. The van der Waals surface area contributed by atoms with Gasteiger partial charge in [-0.1, -0.05) is 41.5 Å². The topological polar surface area (TPSA) is 138 Å². The van der Waals surface area contributed by atoms with Gasteiger partial charge in [0.15, 0.2) is 0 Å². The van der Waals surface area contributed by atoms with Crippen LogP contribution in [0.15, 0.2) is 0 Å². The van der Waals surface area contributed by atoms with Gasteiger partial charge < -0.3 is 44.5 Å². The van der Waals surface area contributed by atoms with E-state index in [9.17, 15) is 0 Å². The van der Waals surface area contributed by atoms with E-state index < -0.39 is 0 Å². The normalized spacial score (nSPS) is 12.6. The number of aliphatic hydroxyl groups is 5. The van der Waals surface area contributed by atoms with E-state index in [1.807, 2.05) is 27.7 Å². The van der Waals surface area contributed by atoms with Gasteiger partial charge in [-0.15, -0.1) is 0 Å². The van der Waals surface area contributed by atoms with Gasteiger partial charge in [0, 0.05) is 47.6 Å². The Morgan fingerprint density at radius 2 is 0.912 bits per heavy atom. The van der Waals surface area contributed by atoms with Gasteiger partial charge in [-0.2, -0.15) is 0 Å². The molecule has 0 amide bonds. The summed E-state index contributed by atoms with van der Waals surface area (Å²) in [6.07, 6.45) is 4.42. The molecule has 0 aliphatic rings. The van der Waals surface area contributed by atoms with Crippen molar-refractivity contribution in [3.8, 4) is 0 Å². The van der Waals surface area contributed by atoms with Crippen molar-refractivity contribution in [2.45, 2.75) is 98.1 Å². The van der Waals surface area contributed by atoms with Crippen LogP contribution in [-0.4, -0.2) is 111 Å². The van der Waals surface area contributed by atoms with Crippen LogP contribution in [0.1, 0.15) is 73.6 Å². The van der Waals surface area contributed by atoms with Crippen LogP contribution in [0, 0.1) is 5.92 Å². The number of rotatable bonds is 14. The lowest BCUT2D eigenvalue weighted by Crippen LogP contribution is -2.15. The fourth-order valence-electron chi connectivity index (χ4n) is 1.57. The van der Waals surface area contributed by atoms with Crippen LogP contribution in [-0.2, 0) is 18.9 Å². The second-order valence-corrected chi connectivity index (χ2v) is 7.63. The highest BCUT2D eigenvalue weighted by Gasteiger charge is 2.00. The highest BCUT2D eigenvalue weighted by Crippen LogP contribution is 1.94. The Morgan fingerprint density at radius 3 is 0.971 bits per heavy atom.